The minimum absolute atomic E-state index is 0.202. The molecule has 0 amide bonds. The van der Waals surface area contributed by atoms with E-state index in [1.54, 1.807) is 0 Å². The summed E-state index contributed by atoms with van der Waals surface area (Å²) in [5.41, 5.74) is 6.21. The molecule has 2 N–H and O–H groups in total. The Labute approximate surface area is 98.5 Å². The normalized spacial score (nSPS) is 16.8. The Kier molecular flexibility index (Phi) is 2.95. The largest absolute Gasteiger partial charge is 0.492 e. The van der Waals surface area contributed by atoms with Gasteiger partial charge < -0.3 is 15.2 Å². The molecule has 0 heterocycles. The Hall–Kier alpha value is -1.36. The molecular formula is C12H15F2NO2. The van der Waals surface area contributed by atoms with Crippen molar-refractivity contribution >= 4 is 0 Å². The molecule has 1 aromatic carbocycles. The fourth-order valence-corrected chi connectivity index (χ4v) is 1.89. The number of nitrogens with two attached hydrogens (primary N) is 1. The van der Waals surface area contributed by atoms with Gasteiger partial charge in [-0.25, -0.2) is 4.39 Å². The number of rotatable bonds is 4. The van der Waals surface area contributed by atoms with Gasteiger partial charge in [-0.15, -0.1) is 0 Å². The molecule has 0 atom stereocenters. The number of methoxy groups -OCH3 is 2. The average molecular weight is 243 g/mol. The van der Waals surface area contributed by atoms with Gasteiger partial charge in [0.15, 0.2) is 17.3 Å². The highest BCUT2D eigenvalue weighted by molar-refractivity contribution is 5.49. The second-order valence-electron chi connectivity index (χ2n) is 4.44. The van der Waals surface area contributed by atoms with E-state index in [2.05, 4.69) is 0 Å². The summed E-state index contributed by atoms with van der Waals surface area (Å²) in [7, 11) is 2.67. The van der Waals surface area contributed by atoms with E-state index in [1.807, 2.05) is 0 Å². The van der Waals surface area contributed by atoms with Crippen molar-refractivity contribution in [3.63, 3.8) is 0 Å². The maximum Gasteiger partial charge on any atom is 0.204 e. The van der Waals surface area contributed by atoms with Crippen LogP contribution in [0.5, 0.6) is 11.5 Å². The fraction of sp³-hybridized carbons (Fsp3) is 0.500. The lowest BCUT2D eigenvalue weighted by atomic mass is 10.0. The van der Waals surface area contributed by atoms with Crippen molar-refractivity contribution < 1.29 is 18.3 Å². The fourth-order valence-electron chi connectivity index (χ4n) is 1.89. The zero-order chi connectivity index (χ0) is 12.6. The third-order valence-corrected chi connectivity index (χ3v) is 3.05. The molecule has 17 heavy (non-hydrogen) atoms. The van der Waals surface area contributed by atoms with Crippen molar-refractivity contribution in [2.45, 2.75) is 24.8 Å². The van der Waals surface area contributed by atoms with E-state index in [-0.39, 0.29) is 17.0 Å². The van der Waals surface area contributed by atoms with Gasteiger partial charge >= 0.3 is 0 Å². The summed E-state index contributed by atoms with van der Waals surface area (Å²) >= 11 is 0. The second kappa shape index (κ2) is 4.14. The van der Waals surface area contributed by atoms with Crippen LogP contribution in [0.25, 0.3) is 0 Å². The van der Waals surface area contributed by atoms with Gasteiger partial charge in [-0.3, -0.25) is 0 Å². The highest BCUT2D eigenvalue weighted by atomic mass is 19.2. The molecule has 0 bridgehead atoms. The van der Waals surface area contributed by atoms with E-state index in [0.717, 1.165) is 18.9 Å². The topological polar surface area (TPSA) is 44.5 Å². The quantitative estimate of drug-likeness (QED) is 0.879. The predicted octanol–water partition coefficient (Wildman–Crippen LogP) is 2.02. The van der Waals surface area contributed by atoms with Crippen LogP contribution in [0.15, 0.2) is 6.07 Å². The van der Waals surface area contributed by atoms with Crippen LogP contribution in [0.1, 0.15) is 18.4 Å². The average Bonchev–Trinajstić information content (AvgIpc) is 3.00. The van der Waals surface area contributed by atoms with Gasteiger partial charge in [0.05, 0.1) is 14.2 Å². The molecule has 0 spiro atoms. The molecular weight excluding hydrogens is 228 g/mol. The SMILES string of the molecule is COc1c(CC2(N)CC2)cc(F)c(F)c1OC. The Morgan fingerprint density at radius 3 is 2.29 bits per heavy atom. The summed E-state index contributed by atoms with van der Waals surface area (Å²) in [6.45, 7) is 0. The molecule has 0 aromatic heterocycles. The predicted molar refractivity (Wildman–Crippen MR) is 59.3 cm³/mol. The number of ether oxygens (including phenoxy) is 2. The first-order valence-corrected chi connectivity index (χ1v) is 5.38. The Morgan fingerprint density at radius 1 is 1.24 bits per heavy atom. The van der Waals surface area contributed by atoms with Gasteiger partial charge in [-0.1, -0.05) is 0 Å². The second-order valence-corrected chi connectivity index (χ2v) is 4.44. The molecule has 1 aliphatic rings. The first-order valence-electron chi connectivity index (χ1n) is 5.38. The Morgan fingerprint density at radius 2 is 1.82 bits per heavy atom. The van der Waals surface area contributed by atoms with E-state index >= 15 is 0 Å². The van der Waals surface area contributed by atoms with Crippen LogP contribution in [0.2, 0.25) is 0 Å². The van der Waals surface area contributed by atoms with Crippen molar-refractivity contribution in [2.75, 3.05) is 14.2 Å². The number of hydrogen-bond donors (Lipinski definition) is 1. The van der Waals surface area contributed by atoms with Gasteiger partial charge in [0.2, 0.25) is 5.82 Å². The molecule has 0 aliphatic heterocycles. The first kappa shape index (κ1) is 12.1. The van der Waals surface area contributed by atoms with Crippen LogP contribution in [0.3, 0.4) is 0 Å². The maximum absolute atomic E-state index is 13.5. The summed E-state index contributed by atoms with van der Waals surface area (Å²) in [6.07, 6.45) is 2.23. The van der Waals surface area contributed by atoms with Gasteiger partial charge in [0.1, 0.15) is 0 Å². The number of benzene rings is 1. The Bertz CT molecular complexity index is 445. The smallest absolute Gasteiger partial charge is 0.204 e. The van der Waals surface area contributed by atoms with Crippen LogP contribution < -0.4 is 15.2 Å². The number of hydrogen-bond acceptors (Lipinski definition) is 3. The summed E-state index contributed by atoms with van der Waals surface area (Å²) in [5.74, 6) is -1.95. The van der Waals surface area contributed by atoms with Crippen molar-refractivity contribution in [3.8, 4) is 11.5 Å². The van der Waals surface area contributed by atoms with Gasteiger partial charge in [-0.2, -0.15) is 4.39 Å². The molecule has 0 saturated heterocycles. The Balaban J connectivity index is 2.46. The molecule has 2 rings (SSSR count). The molecule has 5 heteroatoms. The lowest BCUT2D eigenvalue weighted by Crippen LogP contribution is -2.25. The molecule has 3 nitrogen and oxygen atoms in total. The molecule has 1 saturated carbocycles. The molecule has 1 fully saturated rings. The van der Waals surface area contributed by atoms with E-state index in [0.29, 0.717) is 12.0 Å². The third-order valence-electron chi connectivity index (χ3n) is 3.05. The zero-order valence-corrected chi connectivity index (χ0v) is 9.85. The highest BCUT2D eigenvalue weighted by Crippen LogP contribution is 2.42. The molecule has 1 aromatic rings. The van der Waals surface area contributed by atoms with Gasteiger partial charge in [-0.05, 0) is 25.3 Å². The van der Waals surface area contributed by atoms with Crippen LogP contribution in [-0.4, -0.2) is 19.8 Å². The standard InChI is InChI=1S/C12H15F2NO2/c1-16-10-7(6-12(15)3-4-12)5-8(13)9(14)11(10)17-2/h5H,3-4,6,15H2,1-2H3. The number of halogens is 2. The van der Waals surface area contributed by atoms with E-state index < -0.39 is 11.6 Å². The molecule has 1 aliphatic carbocycles. The molecule has 0 radical (unpaired) electrons. The van der Waals surface area contributed by atoms with E-state index in [9.17, 15) is 8.78 Å². The van der Waals surface area contributed by atoms with Crippen molar-refractivity contribution in [2.24, 2.45) is 5.73 Å². The lowest BCUT2D eigenvalue weighted by molar-refractivity contribution is 0.324. The van der Waals surface area contributed by atoms with Crippen molar-refractivity contribution in [1.29, 1.82) is 0 Å². The minimum Gasteiger partial charge on any atom is -0.492 e. The van der Waals surface area contributed by atoms with Gasteiger partial charge in [0.25, 0.3) is 0 Å². The minimum atomic E-state index is -1.03. The van der Waals surface area contributed by atoms with Gasteiger partial charge in [0, 0.05) is 11.1 Å². The zero-order valence-electron chi connectivity index (χ0n) is 9.85. The van der Waals surface area contributed by atoms with Crippen LogP contribution in [-0.2, 0) is 6.42 Å². The van der Waals surface area contributed by atoms with Crippen molar-refractivity contribution in [3.05, 3.63) is 23.3 Å². The monoisotopic (exact) mass is 243 g/mol. The van der Waals surface area contributed by atoms with Crippen LogP contribution >= 0.6 is 0 Å². The van der Waals surface area contributed by atoms with Crippen LogP contribution in [0.4, 0.5) is 8.78 Å². The van der Waals surface area contributed by atoms with Crippen LogP contribution in [0, 0.1) is 11.6 Å². The summed E-state index contributed by atoms with van der Waals surface area (Å²) < 4.78 is 36.8. The van der Waals surface area contributed by atoms with E-state index in [1.165, 1.54) is 14.2 Å². The summed E-state index contributed by atoms with van der Waals surface area (Å²) in [5, 5.41) is 0. The first-order chi connectivity index (χ1) is 8.00. The molecule has 0 unspecified atom stereocenters. The van der Waals surface area contributed by atoms with Crippen molar-refractivity contribution in [1.82, 2.24) is 0 Å². The highest BCUT2D eigenvalue weighted by Gasteiger charge is 2.39. The van der Waals surface area contributed by atoms with E-state index in [4.69, 9.17) is 15.2 Å². The molecule has 94 valence electrons. The maximum atomic E-state index is 13.5. The summed E-state index contributed by atoms with van der Waals surface area (Å²) in [4.78, 5) is 0. The summed E-state index contributed by atoms with van der Waals surface area (Å²) in [6, 6.07) is 1.13. The lowest BCUT2D eigenvalue weighted by Gasteiger charge is -2.16. The third kappa shape index (κ3) is 2.20.